The molecule has 1 N–H and O–H groups in total. The molecule has 1 saturated heterocycles. The zero-order valence-electron chi connectivity index (χ0n) is 12.2. The number of nitrogens with one attached hydrogen (secondary N) is 1. The molecule has 1 unspecified atom stereocenters. The molecular formula is C14H23N5O. The molecule has 2 heterocycles. The normalized spacial score (nSPS) is 18.7. The number of aromatic nitrogens is 2. The van der Waals surface area contributed by atoms with Crippen molar-refractivity contribution >= 4 is 5.91 Å². The molecule has 0 radical (unpaired) electrons. The number of nitrogens with zero attached hydrogens (tertiary/aromatic N) is 4. The van der Waals surface area contributed by atoms with Crippen molar-refractivity contribution in [2.75, 3.05) is 39.8 Å². The van der Waals surface area contributed by atoms with Crippen molar-refractivity contribution in [3.05, 3.63) is 24.3 Å². The molecule has 1 aromatic heterocycles. The Morgan fingerprint density at radius 1 is 1.30 bits per heavy atom. The Morgan fingerprint density at radius 2 is 1.95 bits per heavy atom. The molecule has 0 bridgehead atoms. The van der Waals surface area contributed by atoms with Crippen LogP contribution in [0.3, 0.4) is 0 Å². The lowest BCUT2D eigenvalue weighted by atomic mass is 10.1. The third-order valence-corrected chi connectivity index (χ3v) is 3.83. The standard InChI is InChI=1S/C14H23N5O/c1-12(19-7-5-18(2)6-8-19)3-4-17-14(20)13-9-15-11-16-10-13/h9-12H,3-8H2,1-2H3,(H,17,20). The summed E-state index contributed by atoms with van der Waals surface area (Å²) in [6.45, 7) is 7.37. The zero-order valence-corrected chi connectivity index (χ0v) is 12.2. The topological polar surface area (TPSA) is 61.4 Å². The fourth-order valence-electron chi connectivity index (χ4n) is 2.36. The second-order valence-electron chi connectivity index (χ2n) is 5.36. The summed E-state index contributed by atoms with van der Waals surface area (Å²) >= 11 is 0. The van der Waals surface area contributed by atoms with E-state index in [1.807, 2.05) is 0 Å². The van der Waals surface area contributed by atoms with Gasteiger partial charge in [0.15, 0.2) is 0 Å². The van der Waals surface area contributed by atoms with Crippen LogP contribution in [0, 0.1) is 0 Å². The van der Waals surface area contributed by atoms with E-state index >= 15 is 0 Å². The van der Waals surface area contributed by atoms with Gasteiger partial charge in [0.2, 0.25) is 0 Å². The van der Waals surface area contributed by atoms with Gasteiger partial charge < -0.3 is 10.2 Å². The second-order valence-corrected chi connectivity index (χ2v) is 5.36. The van der Waals surface area contributed by atoms with E-state index in [0.717, 1.165) is 32.6 Å². The molecule has 0 aromatic carbocycles. The molecule has 0 spiro atoms. The molecule has 1 atom stereocenters. The van der Waals surface area contributed by atoms with Crippen molar-refractivity contribution in [1.29, 1.82) is 0 Å². The minimum Gasteiger partial charge on any atom is -0.352 e. The molecule has 1 amide bonds. The lowest BCUT2D eigenvalue weighted by Gasteiger charge is -2.36. The minimum absolute atomic E-state index is 0.101. The molecule has 20 heavy (non-hydrogen) atoms. The van der Waals surface area contributed by atoms with Crippen molar-refractivity contribution < 1.29 is 4.79 Å². The van der Waals surface area contributed by atoms with Gasteiger partial charge in [0.25, 0.3) is 5.91 Å². The van der Waals surface area contributed by atoms with Crippen LogP contribution in [0.5, 0.6) is 0 Å². The van der Waals surface area contributed by atoms with Gasteiger partial charge in [-0.3, -0.25) is 9.69 Å². The van der Waals surface area contributed by atoms with Crippen LogP contribution in [0.15, 0.2) is 18.7 Å². The second kappa shape index (κ2) is 7.31. The number of carbonyl (C=O) groups excluding carboxylic acids is 1. The van der Waals surface area contributed by atoms with Crippen LogP contribution >= 0.6 is 0 Å². The average molecular weight is 277 g/mol. The van der Waals surface area contributed by atoms with Crippen molar-refractivity contribution in [2.24, 2.45) is 0 Å². The molecule has 110 valence electrons. The van der Waals surface area contributed by atoms with E-state index in [-0.39, 0.29) is 5.91 Å². The molecular weight excluding hydrogens is 254 g/mol. The van der Waals surface area contributed by atoms with Crippen LogP contribution in [-0.4, -0.2) is 71.5 Å². The fourth-order valence-corrected chi connectivity index (χ4v) is 2.36. The lowest BCUT2D eigenvalue weighted by Crippen LogP contribution is -2.48. The van der Waals surface area contributed by atoms with Gasteiger partial charge in [-0.1, -0.05) is 0 Å². The number of rotatable bonds is 5. The highest BCUT2D eigenvalue weighted by Crippen LogP contribution is 2.07. The Morgan fingerprint density at radius 3 is 2.60 bits per heavy atom. The third-order valence-electron chi connectivity index (χ3n) is 3.83. The van der Waals surface area contributed by atoms with Crippen LogP contribution in [-0.2, 0) is 0 Å². The summed E-state index contributed by atoms with van der Waals surface area (Å²) in [6.07, 6.45) is 5.45. The Hall–Kier alpha value is -1.53. The molecule has 0 aliphatic carbocycles. The molecule has 0 saturated carbocycles. The van der Waals surface area contributed by atoms with E-state index in [9.17, 15) is 4.79 Å². The Bertz CT molecular complexity index is 417. The number of piperazine rings is 1. The minimum atomic E-state index is -0.101. The van der Waals surface area contributed by atoms with Crippen LogP contribution in [0.25, 0.3) is 0 Å². The van der Waals surface area contributed by atoms with Gasteiger partial charge in [0, 0.05) is 51.2 Å². The SMILES string of the molecule is CC(CCNC(=O)c1cncnc1)N1CCN(C)CC1. The molecule has 1 aliphatic heterocycles. The third kappa shape index (κ3) is 4.25. The van der Waals surface area contributed by atoms with E-state index in [2.05, 4.69) is 39.1 Å². The van der Waals surface area contributed by atoms with Gasteiger partial charge in [-0.05, 0) is 20.4 Å². The summed E-state index contributed by atoms with van der Waals surface area (Å²) in [5.41, 5.74) is 0.514. The smallest absolute Gasteiger partial charge is 0.254 e. The molecule has 6 nitrogen and oxygen atoms in total. The van der Waals surface area contributed by atoms with Crippen LogP contribution in [0.1, 0.15) is 23.7 Å². The van der Waals surface area contributed by atoms with Crippen molar-refractivity contribution in [3.63, 3.8) is 0 Å². The Labute approximate surface area is 120 Å². The first-order valence-corrected chi connectivity index (χ1v) is 7.12. The molecule has 1 aromatic rings. The first-order chi connectivity index (χ1) is 9.66. The summed E-state index contributed by atoms with van der Waals surface area (Å²) in [4.78, 5) is 24.4. The summed E-state index contributed by atoms with van der Waals surface area (Å²) in [5.74, 6) is -0.101. The number of hydrogen-bond donors (Lipinski definition) is 1. The average Bonchev–Trinajstić information content (AvgIpc) is 2.48. The first-order valence-electron chi connectivity index (χ1n) is 7.12. The van der Waals surface area contributed by atoms with Crippen LogP contribution in [0.2, 0.25) is 0 Å². The number of amides is 1. The van der Waals surface area contributed by atoms with Crippen molar-refractivity contribution in [1.82, 2.24) is 25.1 Å². The van der Waals surface area contributed by atoms with Crippen molar-refractivity contribution in [2.45, 2.75) is 19.4 Å². The fraction of sp³-hybridized carbons (Fsp3) is 0.643. The highest BCUT2D eigenvalue weighted by molar-refractivity contribution is 5.93. The number of carbonyl (C=O) groups is 1. The van der Waals surface area contributed by atoms with Gasteiger partial charge in [-0.15, -0.1) is 0 Å². The monoisotopic (exact) mass is 277 g/mol. The molecule has 1 aliphatic rings. The zero-order chi connectivity index (χ0) is 14.4. The van der Waals surface area contributed by atoms with E-state index < -0.39 is 0 Å². The Kier molecular flexibility index (Phi) is 5.43. The summed E-state index contributed by atoms with van der Waals surface area (Å²) in [7, 11) is 2.16. The van der Waals surface area contributed by atoms with E-state index in [4.69, 9.17) is 0 Å². The van der Waals surface area contributed by atoms with E-state index in [1.165, 1.54) is 18.7 Å². The predicted octanol–water partition coefficient (Wildman–Crippen LogP) is 0.232. The number of likely N-dealkylation sites (N-methyl/N-ethyl adjacent to an activating group) is 1. The predicted molar refractivity (Wildman–Crippen MR) is 77.5 cm³/mol. The molecule has 6 heteroatoms. The largest absolute Gasteiger partial charge is 0.352 e. The first kappa shape index (κ1) is 14.9. The highest BCUT2D eigenvalue weighted by Gasteiger charge is 2.18. The molecule has 1 fully saturated rings. The van der Waals surface area contributed by atoms with E-state index in [0.29, 0.717) is 18.2 Å². The van der Waals surface area contributed by atoms with Crippen molar-refractivity contribution in [3.8, 4) is 0 Å². The van der Waals surface area contributed by atoms with E-state index in [1.54, 1.807) is 0 Å². The summed E-state index contributed by atoms with van der Waals surface area (Å²) in [5, 5.41) is 2.92. The maximum atomic E-state index is 11.8. The maximum Gasteiger partial charge on any atom is 0.254 e. The van der Waals surface area contributed by atoms with Gasteiger partial charge in [-0.25, -0.2) is 9.97 Å². The maximum absolute atomic E-state index is 11.8. The summed E-state index contributed by atoms with van der Waals surface area (Å²) < 4.78 is 0. The highest BCUT2D eigenvalue weighted by atomic mass is 16.1. The van der Waals surface area contributed by atoms with Gasteiger partial charge in [-0.2, -0.15) is 0 Å². The van der Waals surface area contributed by atoms with Crippen LogP contribution in [0.4, 0.5) is 0 Å². The Balaban J connectivity index is 1.69. The lowest BCUT2D eigenvalue weighted by molar-refractivity contribution is 0.0934. The van der Waals surface area contributed by atoms with Gasteiger partial charge in [0.05, 0.1) is 5.56 Å². The van der Waals surface area contributed by atoms with Gasteiger partial charge in [0.1, 0.15) is 6.33 Å². The van der Waals surface area contributed by atoms with Crippen LogP contribution < -0.4 is 5.32 Å². The van der Waals surface area contributed by atoms with Gasteiger partial charge >= 0.3 is 0 Å². The summed E-state index contributed by atoms with van der Waals surface area (Å²) in [6, 6.07) is 0.496. The quantitative estimate of drug-likeness (QED) is 0.835. The molecule has 2 rings (SSSR count). The number of hydrogen-bond acceptors (Lipinski definition) is 5.